The van der Waals surface area contributed by atoms with E-state index in [2.05, 4.69) is 0 Å². The summed E-state index contributed by atoms with van der Waals surface area (Å²) in [6.07, 6.45) is 0. The number of aromatic carboxylic acids is 1. The van der Waals surface area contributed by atoms with E-state index in [1.54, 1.807) is 25.3 Å². The van der Waals surface area contributed by atoms with Gasteiger partial charge in [-0.3, -0.25) is 4.79 Å². The van der Waals surface area contributed by atoms with Crippen LogP contribution in [-0.2, 0) is 0 Å². The summed E-state index contributed by atoms with van der Waals surface area (Å²) in [6, 6.07) is 9.93. The van der Waals surface area contributed by atoms with Gasteiger partial charge in [0.15, 0.2) is 5.43 Å². The van der Waals surface area contributed by atoms with Gasteiger partial charge in [-0.2, -0.15) is 0 Å². The molecule has 0 radical (unpaired) electrons. The van der Waals surface area contributed by atoms with Crippen molar-refractivity contribution in [3.05, 3.63) is 52.2 Å². The molecule has 0 unspecified atom stereocenters. The Kier molecular flexibility index (Phi) is 2.91. The maximum Gasteiger partial charge on any atom is 0.335 e. The quantitative estimate of drug-likeness (QED) is 0.735. The number of carbonyl (C=O) groups is 1. The van der Waals surface area contributed by atoms with Crippen LogP contribution in [0.15, 0.2) is 41.2 Å². The van der Waals surface area contributed by atoms with Gasteiger partial charge in [0.05, 0.1) is 12.7 Å². The molecule has 5 heteroatoms. The van der Waals surface area contributed by atoms with E-state index in [1.807, 2.05) is 6.07 Å². The molecule has 0 bridgehead atoms. The van der Waals surface area contributed by atoms with Crippen LogP contribution >= 0.6 is 11.3 Å². The average Bonchev–Trinajstić information content (AvgIpc) is 2.47. The van der Waals surface area contributed by atoms with Crippen LogP contribution in [0.3, 0.4) is 0 Å². The minimum atomic E-state index is -1.04. The molecule has 0 fully saturated rings. The second-order valence-electron chi connectivity index (χ2n) is 4.31. The van der Waals surface area contributed by atoms with Crippen LogP contribution in [0, 0.1) is 0 Å². The third kappa shape index (κ3) is 1.92. The summed E-state index contributed by atoms with van der Waals surface area (Å²) >= 11 is 1.46. The van der Waals surface area contributed by atoms with Gasteiger partial charge in [0, 0.05) is 20.2 Å². The first kappa shape index (κ1) is 12.6. The topological polar surface area (TPSA) is 63.6 Å². The first-order chi connectivity index (χ1) is 9.60. The molecule has 0 aliphatic rings. The van der Waals surface area contributed by atoms with E-state index in [9.17, 15) is 9.59 Å². The maximum atomic E-state index is 12.5. The number of methoxy groups -OCH3 is 1. The molecular formula is C15H10O4S. The number of carboxylic acid groups (broad SMARTS) is 1. The smallest absolute Gasteiger partial charge is 0.335 e. The fourth-order valence-electron chi connectivity index (χ4n) is 2.10. The van der Waals surface area contributed by atoms with Crippen molar-refractivity contribution >= 4 is 37.5 Å². The predicted molar refractivity (Wildman–Crippen MR) is 79.1 cm³/mol. The van der Waals surface area contributed by atoms with E-state index in [-0.39, 0.29) is 11.0 Å². The van der Waals surface area contributed by atoms with Gasteiger partial charge in [-0.15, -0.1) is 11.3 Å². The second-order valence-corrected chi connectivity index (χ2v) is 5.39. The molecule has 0 saturated heterocycles. The van der Waals surface area contributed by atoms with E-state index in [0.29, 0.717) is 16.5 Å². The van der Waals surface area contributed by atoms with E-state index in [4.69, 9.17) is 9.84 Å². The van der Waals surface area contributed by atoms with E-state index in [1.165, 1.54) is 23.5 Å². The number of carboxylic acids is 1. The van der Waals surface area contributed by atoms with Crippen LogP contribution < -0.4 is 10.2 Å². The summed E-state index contributed by atoms with van der Waals surface area (Å²) < 4.78 is 6.75. The molecule has 0 spiro atoms. The number of fused-ring (bicyclic) bond motifs is 2. The molecule has 4 nitrogen and oxygen atoms in total. The Morgan fingerprint density at radius 1 is 1.10 bits per heavy atom. The highest BCUT2D eigenvalue weighted by molar-refractivity contribution is 7.24. The lowest BCUT2D eigenvalue weighted by molar-refractivity contribution is 0.0697. The Balaban J connectivity index is 2.42. The first-order valence-corrected chi connectivity index (χ1v) is 6.70. The normalized spacial score (nSPS) is 10.8. The maximum absolute atomic E-state index is 12.5. The van der Waals surface area contributed by atoms with Crippen molar-refractivity contribution < 1.29 is 14.6 Å². The van der Waals surface area contributed by atoms with Gasteiger partial charge in [-0.05, 0) is 36.4 Å². The molecular weight excluding hydrogens is 276 g/mol. The number of benzene rings is 2. The zero-order valence-electron chi connectivity index (χ0n) is 10.5. The van der Waals surface area contributed by atoms with Gasteiger partial charge in [0.1, 0.15) is 5.75 Å². The van der Waals surface area contributed by atoms with Gasteiger partial charge in [0.25, 0.3) is 0 Å². The van der Waals surface area contributed by atoms with E-state index < -0.39 is 5.97 Å². The Bertz CT molecular complexity index is 895. The van der Waals surface area contributed by atoms with E-state index >= 15 is 0 Å². The summed E-state index contributed by atoms with van der Waals surface area (Å²) in [6.45, 7) is 0. The minimum Gasteiger partial charge on any atom is -0.497 e. The Hall–Kier alpha value is -2.40. The molecule has 0 amide bonds. The number of ether oxygens (including phenoxy) is 1. The monoisotopic (exact) mass is 286 g/mol. The molecule has 1 aromatic heterocycles. The summed E-state index contributed by atoms with van der Waals surface area (Å²) in [5.41, 5.74) is -0.0557. The van der Waals surface area contributed by atoms with Crippen molar-refractivity contribution in [2.45, 2.75) is 0 Å². The third-order valence-corrected chi connectivity index (χ3v) is 4.27. The fourth-order valence-corrected chi connectivity index (χ4v) is 3.13. The lowest BCUT2D eigenvalue weighted by Crippen LogP contribution is -2.03. The van der Waals surface area contributed by atoms with E-state index in [0.717, 1.165) is 9.40 Å². The SMILES string of the molecule is COc1ccc2sc3ccc(C(=O)O)cc3c(=O)c2c1. The lowest BCUT2D eigenvalue weighted by atomic mass is 10.1. The van der Waals surface area contributed by atoms with Crippen molar-refractivity contribution in [3.8, 4) is 5.75 Å². The van der Waals surface area contributed by atoms with Crippen LogP contribution in [0.25, 0.3) is 20.2 Å². The summed E-state index contributed by atoms with van der Waals surface area (Å²) in [7, 11) is 1.54. The van der Waals surface area contributed by atoms with Crippen molar-refractivity contribution in [1.29, 1.82) is 0 Å². The molecule has 1 N–H and O–H groups in total. The molecule has 0 aliphatic carbocycles. The van der Waals surface area contributed by atoms with Crippen molar-refractivity contribution in [2.75, 3.05) is 7.11 Å². The third-order valence-electron chi connectivity index (χ3n) is 3.12. The van der Waals surface area contributed by atoms with Gasteiger partial charge in [0.2, 0.25) is 0 Å². The van der Waals surface area contributed by atoms with Crippen molar-refractivity contribution in [2.24, 2.45) is 0 Å². The van der Waals surface area contributed by atoms with Crippen LogP contribution in [-0.4, -0.2) is 18.2 Å². The zero-order chi connectivity index (χ0) is 14.3. The molecule has 0 saturated carbocycles. The standard InChI is InChI=1S/C15H10O4S/c1-19-9-3-5-13-11(7-9)14(16)10-6-8(15(17)18)2-4-12(10)20-13/h2-7H,1H3,(H,17,18). The molecule has 100 valence electrons. The molecule has 3 rings (SSSR count). The zero-order valence-corrected chi connectivity index (χ0v) is 11.4. The van der Waals surface area contributed by atoms with Gasteiger partial charge in [-0.25, -0.2) is 4.79 Å². The highest BCUT2D eigenvalue weighted by Crippen LogP contribution is 2.27. The molecule has 0 atom stereocenters. The van der Waals surface area contributed by atoms with Crippen LogP contribution in [0.2, 0.25) is 0 Å². The molecule has 20 heavy (non-hydrogen) atoms. The average molecular weight is 286 g/mol. The molecule has 0 aliphatic heterocycles. The summed E-state index contributed by atoms with van der Waals surface area (Å²) in [5.74, 6) is -0.433. The number of rotatable bonds is 2. The van der Waals surface area contributed by atoms with Crippen molar-refractivity contribution in [3.63, 3.8) is 0 Å². The predicted octanol–water partition coefficient (Wildman–Crippen LogP) is 3.12. The highest BCUT2D eigenvalue weighted by atomic mass is 32.1. The second kappa shape index (κ2) is 4.61. The Labute approximate surface area is 117 Å². The number of hydrogen-bond acceptors (Lipinski definition) is 4. The molecule has 1 heterocycles. The summed E-state index contributed by atoms with van der Waals surface area (Å²) in [4.78, 5) is 23.5. The van der Waals surface area contributed by atoms with Gasteiger partial charge in [-0.1, -0.05) is 0 Å². The largest absolute Gasteiger partial charge is 0.497 e. The van der Waals surface area contributed by atoms with Gasteiger partial charge >= 0.3 is 5.97 Å². The molecule has 3 aromatic rings. The number of hydrogen-bond donors (Lipinski definition) is 1. The Morgan fingerprint density at radius 2 is 1.75 bits per heavy atom. The van der Waals surface area contributed by atoms with Crippen molar-refractivity contribution in [1.82, 2.24) is 0 Å². The van der Waals surface area contributed by atoms with Crippen LogP contribution in [0.4, 0.5) is 0 Å². The fraction of sp³-hybridized carbons (Fsp3) is 0.0667. The molecule has 2 aromatic carbocycles. The van der Waals surface area contributed by atoms with Crippen LogP contribution in [0.1, 0.15) is 10.4 Å². The highest BCUT2D eigenvalue weighted by Gasteiger charge is 2.10. The lowest BCUT2D eigenvalue weighted by Gasteiger charge is -2.04. The van der Waals surface area contributed by atoms with Crippen LogP contribution in [0.5, 0.6) is 5.75 Å². The summed E-state index contributed by atoms with van der Waals surface area (Å²) in [5, 5.41) is 9.98. The van der Waals surface area contributed by atoms with Gasteiger partial charge < -0.3 is 9.84 Å². The minimum absolute atomic E-state index is 0.115. The first-order valence-electron chi connectivity index (χ1n) is 5.88. The Morgan fingerprint density at radius 3 is 2.40 bits per heavy atom.